The van der Waals surface area contributed by atoms with Crippen LogP contribution in [0.1, 0.15) is 66.1 Å². The van der Waals surface area contributed by atoms with Crippen LogP contribution in [0.15, 0.2) is 52.8 Å². The minimum Gasteiger partial charge on any atom is -0.465 e. The highest BCUT2D eigenvalue weighted by Crippen LogP contribution is 2.48. The molecule has 1 aliphatic heterocycles. The van der Waals surface area contributed by atoms with E-state index in [1.807, 2.05) is 0 Å². The summed E-state index contributed by atoms with van der Waals surface area (Å²) in [5, 5.41) is 7.84. The van der Waals surface area contributed by atoms with Gasteiger partial charge in [0.2, 0.25) is 0 Å². The van der Waals surface area contributed by atoms with Gasteiger partial charge in [0.25, 0.3) is 5.91 Å². The molecule has 1 heterocycles. The Morgan fingerprint density at radius 2 is 1.97 bits per heavy atom. The molecule has 1 fully saturated rings. The Balaban J connectivity index is 1.95. The summed E-state index contributed by atoms with van der Waals surface area (Å²) in [6.45, 7) is 1.91. The van der Waals surface area contributed by atoms with Gasteiger partial charge in [-0.05, 0) is 49.1 Å². The quantitative estimate of drug-likeness (QED) is 0.288. The first-order valence-electron chi connectivity index (χ1n) is 11.1. The first-order valence-corrected chi connectivity index (χ1v) is 11.5. The third kappa shape index (κ3) is 4.31. The van der Waals surface area contributed by atoms with Crippen molar-refractivity contribution in [3.63, 3.8) is 0 Å². The van der Waals surface area contributed by atoms with Crippen molar-refractivity contribution >= 4 is 23.5 Å². The molecule has 7 nitrogen and oxygen atoms in total. The van der Waals surface area contributed by atoms with E-state index in [1.165, 1.54) is 18.2 Å². The van der Waals surface area contributed by atoms with Crippen molar-refractivity contribution in [1.29, 1.82) is 0 Å². The molecular weight excluding hydrogens is 447 g/mol. The largest absolute Gasteiger partial charge is 0.465 e. The predicted octanol–water partition coefficient (Wildman–Crippen LogP) is 4.96. The zero-order chi connectivity index (χ0) is 23.5. The molecule has 2 aromatic carbocycles. The van der Waals surface area contributed by atoms with E-state index < -0.39 is 23.7 Å². The summed E-state index contributed by atoms with van der Waals surface area (Å²) in [6, 6.07) is 9.56. The van der Waals surface area contributed by atoms with Gasteiger partial charge in [-0.1, -0.05) is 53.9 Å². The first kappa shape index (κ1) is 23.2. The highest BCUT2D eigenvalue weighted by molar-refractivity contribution is 6.31. The third-order valence-electron chi connectivity index (χ3n) is 6.46. The van der Waals surface area contributed by atoms with Crippen LogP contribution in [0, 0.1) is 5.82 Å². The Morgan fingerprint density at radius 1 is 1.21 bits per heavy atom. The number of esters is 1. The normalized spacial score (nSPS) is 25.2. The Morgan fingerprint density at radius 3 is 2.70 bits per heavy atom. The maximum Gasteiger partial charge on any atom is 0.315 e. The second kappa shape index (κ2) is 9.87. The highest BCUT2D eigenvalue weighted by atomic mass is 35.5. The summed E-state index contributed by atoms with van der Waals surface area (Å²) in [7, 11) is 0. The lowest BCUT2D eigenvalue weighted by Gasteiger charge is -2.47. The molecule has 0 bridgehead atoms. The molecule has 1 saturated carbocycles. The lowest BCUT2D eigenvalue weighted by atomic mass is 9.77. The van der Waals surface area contributed by atoms with E-state index in [-0.39, 0.29) is 29.6 Å². The number of benzene rings is 2. The standard InChI is InChI=1S/C24H26ClFN4O3/c1-2-33-24(32)21-15-7-3-4-8-16(15)23(31)30(20-10-6-5-9-19(20)28-29-27)22(21)17-12-11-14(26)13-18(17)25/h3-4,7-8,11-13,19-22H,2,5-6,9-10H2,1H3,(H2,27,28). The summed E-state index contributed by atoms with van der Waals surface area (Å²) in [6.07, 6.45) is 3.20. The van der Waals surface area contributed by atoms with Gasteiger partial charge in [-0.15, -0.1) is 0 Å². The topological polar surface area (TPSA) is 97.4 Å². The minimum absolute atomic E-state index is 0.138. The van der Waals surface area contributed by atoms with E-state index in [0.29, 0.717) is 29.5 Å². The molecule has 0 radical (unpaired) electrons. The van der Waals surface area contributed by atoms with Crippen molar-refractivity contribution in [2.75, 3.05) is 6.61 Å². The number of carbonyl (C=O) groups excluding carboxylic acids is 2. The van der Waals surface area contributed by atoms with Crippen molar-refractivity contribution in [3.05, 3.63) is 70.0 Å². The summed E-state index contributed by atoms with van der Waals surface area (Å²) >= 11 is 6.49. The van der Waals surface area contributed by atoms with Crippen molar-refractivity contribution in [2.45, 2.75) is 56.7 Å². The molecule has 9 heteroatoms. The average Bonchev–Trinajstić information content (AvgIpc) is 2.80. The maximum atomic E-state index is 13.9. The molecule has 2 aromatic rings. The number of amides is 1. The van der Waals surface area contributed by atoms with Gasteiger partial charge in [0, 0.05) is 10.6 Å². The van der Waals surface area contributed by atoms with Crippen LogP contribution in [0.4, 0.5) is 4.39 Å². The lowest BCUT2D eigenvalue weighted by molar-refractivity contribution is -0.147. The van der Waals surface area contributed by atoms with Crippen molar-refractivity contribution in [3.8, 4) is 0 Å². The van der Waals surface area contributed by atoms with Gasteiger partial charge in [-0.3, -0.25) is 9.59 Å². The van der Waals surface area contributed by atoms with Gasteiger partial charge in [-0.25, -0.2) is 4.39 Å². The number of hydrogen-bond donors (Lipinski definition) is 1. The van der Waals surface area contributed by atoms with Gasteiger partial charge in [-0.2, -0.15) is 5.11 Å². The number of nitrogens with zero attached hydrogens (tertiary/aromatic N) is 3. The van der Waals surface area contributed by atoms with E-state index >= 15 is 0 Å². The van der Waals surface area contributed by atoms with E-state index in [4.69, 9.17) is 22.2 Å². The van der Waals surface area contributed by atoms with E-state index in [9.17, 15) is 14.0 Å². The summed E-state index contributed by atoms with van der Waals surface area (Å²) in [5.74, 6) is 3.34. The monoisotopic (exact) mass is 472 g/mol. The average molecular weight is 473 g/mol. The molecule has 2 N–H and O–H groups in total. The Labute approximate surface area is 196 Å². The van der Waals surface area contributed by atoms with Gasteiger partial charge >= 0.3 is 5.97 Å². The maximum absolute atomic E-state index is 13.9. The Hall–Kier alpha value is -3.00. The van der Waals surface area contributed by atoms with Crippen LogP contribution < -0.4 is 5.84 Å². The molecule has 4 unspecified atom stereocenters. The molecule has 4 atom stereocenters. The zero-order valence-corrected chi connectivity index (χ0v) is 19.0. The van der Waals surface area contributed by atoms with Crippen LogP contribution in [0.5, 0.6) is 0 Å². The number of halogens is 2. The number of ether oxygens (including phenoxy) is 1. The Bertz CT molecular complexity index is 1080. The van der Waals surface area contributed by atoms with Crippen molar-refractivity contribution in [2.24, 2.45) is 16.2 Å². The molecule has 2 aliphatic rings. The van der Waals surface area contributed by atoms with Crippen LogP contribution in [-0.2, 0) is 9.53 Å². The van der Waals surface area contributed by atoms with Crippen molar-refractivity contribution in [1.82, 2.24) is 4.90 Å². The first-order chi connectivity index (χ1) is 16.0. The van der Waals surface area contributed by atoms with Crippen LogP contribution in [0.2, 0.25) is 5.02 Å². The van der Waals surface area contributed by atoms with Crippen molar-refractivity contribution < 1.29 is 18.7 Å². The fraction of sp³-hybridized carbons (Fsp3) is 0.417. The SMILES string of the molecule is CCOC(=O)C1c2ccccc2C(=O)N(C2CCCCC2N=NN)C1c1ccc(F)cc1Cl. The van der Waals surface area contributed by atoms with Gasteiger partial charge < -0.3 is 15.5 Å². The second-order valence-corrected chi connectivity index (χ2v) is 8.70. The van der Waals surface area contributed by atoms with Gasteiger partial charge in [0.1, 0.15) is 11.7 Å². The van der Waals surface area contributed by atoms with Crippen LogP contribution in [0.25, 0.3) is 0 Å². The van der Waals surface area contributed by atoms with Crippen LogP contribution in [-0.4, -0.2) is 35.5 Å². The molecule has 0 aromatic heterocycles. The zero-order valence-electron chi connectivity index (χ0n) is 18.3. The summed E-state index contributed by atoms with van der Waals surface area (Å²) < 4.78 is 19.4. The van der Waals surface area contributed by atoms with E-state index in [1.54, 1.807) is 36.1 Å². The van der Waals surface area contributed by atoms with Gasteiger partial charge in [0.05, 0.1) is 24.7 Å². The fourth-order valence-electron chi connectivity index (χ4n) is 5.11. The fourth-order valence-corrected chi connectivity index (χ4v) is 5.39. The predicted molar refractivity (Wildman–Crippen MR) is 121 cm³/mol. The number of carbonyl (C=O) groups is 2. The van der Waals surface area contributed by atoms with Crippen LogP contribution in [0.3, 0.4) is 0 Å². The van der Waals surface area contributed by atoms with E-state index in [0.717, 1.165) is 12.8 Å². The second-order valence-electron chi connectivity index (χ2n) is 8.29. The number of fused-ring (bicyclic) bond motifs is 1. The molecule has 33 heavy (non-hydrogen) atoms. The molecule has 1 amide bonds. The smallest absolute Gasteiger partial charge is 0.315 e. The minimum atomic E-state index is -0.834. The molecule has 174 valence electrons. The van der Waals surface area contributed by atoms with Gasteiger partial charge in [0.15, 0.2) is 0 Å². The van der Waals surface area contributed by atoms with E-state index in [2.05, 4.69) is 10.3 Å². The van der Waals surface area contributed by atoms with Crippen LogP contribution >= 0.6 is 11.6 Å². The molecule has 4 rings (SSSR count). The molecule has 1 aliphatic carbocycles. The third-order valence-corrected chi connectivity index (χ3v) is 6.79. The number of nitrogens with two attached hydrogens (primary N) is 1. The Kier molecular flexibility index (Phi) is 6.93. The summed E-state index contributed by atoms with van der Waals surface area (Å²) in [4.78, 5) is 28.9. The summed E-state index contributed by atoms with van der Waals surface area (Å²) in [5.41, 5.74) is 1.47. The number of rotatable bonds is 5. The number of hydrogen-bond acceptors (Lipinski definition) is 5. The molecule has 0 saturated heterocycles. The molecular formula is C24H26ClFN4O3. The highest BCUT2D eigenvalue weighted by Gasteiger charge is 2.49. The lowest BCUT2D eigenvalue weighted by Crippen LogP contribution is -2.54. The molecule has 0 spiro atoms.